The van der Waals surface area contributed by atoms with Crippen molar-refractivity contribution in [2.75, 3.05) is 12.3 Å². The molecular weight excluding hydrogens is 334 g/mol. The van der Waals surface area contributed by atoms with Gasteiger partial charge < -0.3 is 20.9 Å². The number of anilines is 1. The first-order valence-corrected chi connectivity index (χ1v) is 7.69. The fraction of sp³-hybridized carbons (Fsp3) is 0.333. The van der Waals surface area contributed by atoms with Crippen LogP contribution >= 0.6 is 11.6 Å². The van der Waals surface area contributed by atoms with Gasteiger partial charge in [-0.1, -0.05) is 23.7 Å². The molecule has 2 aromatic rings. The number of halogens is 1. The maximum Gasteiger partial charge on any atom is 0.260 e. The smallest absolute Gasteiger partial charge is 0.260 e. The van der Waals surface area contributed by atoms with Crippen molar-refractivity contribution >= 4 is 29.4 Å². The predicted molar refractivity (Wildman–Crippen MR) is 88.1 cm³/mol. The Kier molecular flexibility index (Phi) is 6.14. The Morgan fingerprint density at radius 2 is 2.04 bits per heavy atom. The van der Waals surface area contributed by atoms with E-state index < -0.39 is 6.04 Å². The van der Waals surface area contributed by atoms with E-state index >= 15 is 0 Å². The first kappa shape index (κ1) is 17.7. The van der Waals surface area contributed by atoms with Crippen LogP contribution in [-0.2, 0) is 16.0 Å². The summed E-state index contributed by atoms with van der Waals surface area (Å²) in [6.07, 6.45) is 0.481. The van der Waals surface area contributed by atoms with Gasteiger partial charge in [-0.05, 0) is 22.9 Å². The molecule has 1 aromatic heterocycles. The summed E-state index contributed by atoms with van der Waals surface area (Å²) in [5.74, 6) is -0.0195. The summed E-state index contributed by atoms with van der Waals surface area (Å²) in [7, 11) is 0. The maximum atomic E-state index is 12.1. The Bertz CT molecular complexity index is 701. The summed E-state index contributed by atoms with van der Waals surface area (Å²) in [6.45, 7) is 1.73. The molecular formula is C15H18ClN5O3. The fourth-order valence-electron chi connectivity index (χ4n) is 2.13. The van der Waals surface area contributed by atoms with Gasteiger partial charge in [-0.2, -0.15) is 4.98 Å². The Hall–Kier alpha value is -2.61. The summed E-state index contributed by atoms with van der Waals surface area (Å²) >= 11 is 5.86. The van der Waals surface area contributed by atoms with Gasteiger partial charge in [0.05, 0.1) is 12.5 Å². The number of hydrogen-bond acceptors (Lipinski definition) is 6. The molecule has 128 valence electrons. The van der Waals surface area contributed by atoms with Crippen LogP contribution in [0.1, 0.15) is 30.8 Å². The molecule has 0 saturated heterocycles. The second-order valence-corrected chi connectivity index (χ2v) is 5.59. The van der Waals surface area contributed by atoms with Gasteiger partial charge in [0.2, 0.25) is 17.7 Å². The van der Waals surface area contributed by atoms with Crippen LogP contribution in [0.3, 0.4) is 0 Å². The third kappa shape index (κ3) is 5.54. The van der Waals surface area contributed by atoms with Crippen LogP contribution in [0.4, 0.5) is 5.95 Å². The van der Waals surface area contributed by atoms with Crippen molar-refractivity contribution in [2.45, 2.75) is 25.8 Å². The van der Waals surface area contributed by atoms with E-state index in [2.05, 4.69) is 20.8 Å². The highest BCUT2D eigenvalue weighted by Crippen LogP contribution is 2.19. The number of amides is 2. The van der Waals surface area contributed by atoms with Crippen LogP contribution < -0.4 is 16.4 Å². The molecule has 8 nitrogen and oxygen atoms in total. The number of nitrogen functional groups attached to an aromatic ring is 1. The van der Waals surface area contributed by atoms with Gasteiger partial charge >= 0.3 is 0 Å². The van der Waals surface area contributed by atoms with Gasteiger partial charge in [0.1, 0.15) is 0 Å². The van der Waals surface area contributed by atoms with Crippen molar-refractivity contribution in [2.24, 2.45) is 0 Å². The second kappa shape index (κ2) is 8.30. The van der Waals surface area contributed by atoms with Crippen LogP contribution in [0.15, 0.2) is 28.8 Å². The molecule has 24 heavy (non-hydrogen) atoms. The van der Waals surface area contributed by atoms with E-state index in [4.69, 9.17) is 21.9 Å². The van der Waals surface area contributed by atoms with E-state index in [0.29, 0.717) is 23.9 Å². The third-order valence-corrected chi connectivity index (χ3v) is 3.44. The van der Waals surface area contributed by atoms with Crippen molar-refractivity contribution in [1.82, 2.24) is 20.8 Å². The summed E-state index contributed by atoms with van der Waals surface area (Å²) in [5, 5.41) is 9.55. The lowest BCUT2D eigenvalue weighted by atomic mass is 10.0. The summed E-state index contributed by atoms with van der Waals surface area (Å²) in [6, 6.07) is 6.54. The van der Waals surface area contributed by atoms with Crippen LogP contribution in [-0.4, -0.2) is 28.5 Å². The molecule has 0 saturated carbocycles. The van der Waals surface area contributed by atoms with Gasteiger partial charge in [-0.25, -0.2) is 0 Å². The Balaban J connectivity index is 1.89. The average molecular weight is 352 g/mol. The lowest BCUT2D eigenvalue weighted by Gasteiger charge is -2.18. The molecule has 1 heterocycles. The fourth-order valence-corrected chi connectivity index (χ4v) is 2.25. The maximum absolute atomic E-state index is 12.1. The molecule has 0 radical (unpaired) electrons. The predicted octanol–water partition coefficient (Wildman–Crippen LogP) is 1.23. The molecule has 2 amide bonds. The number of nitrogens with one attached hydrogen (secondary N) is 2. The van der Waals surface area contributed by atoms with Gasteiger partial charge in [0.25, 0.3) is 5.95 Å². The minimum Gasteiger partial charge on any atom is -0.365 e. The molecule has 0 aliphatic heterocycles. The number of carbonyl (C=O) groups is 2. The highest BCUT2D eigenvalue weighted by atomic mass is 35.5. The van der Waals surface area contributed by atoms with Crippen LogP contribution in [0.2, 0.25) is 5.02 Å². The Morgan fingerprint density at radius 3 is 2.62 bits per heavy atom. The zero-order valence-electron chi connectivity index (χ0n) is 13.1. The lowest BCUT2D eigenvalue weighted by Crippen LogP contribution is -2.33. The van der Waals surface area contributed by atoms with Gasteiger partial charge in [0.15, 0.2) is 0 Å². The number of carbonyl (C=O) groups excluding carboxylic acids is 2. The SMILES string of the molecule is CC(=O)N[C@H](CC(=O)NCCc1nc(N)no1)c1ccc(Cl)cc1. The molecule has 9 heteroatoms. The molecule has 2 rings (SSSR count). The van der Waals surface area contributed by atoms with E-state index in [1.54, 1.807) is 24.3 Å². The summed E-state index contributed by atoms with van der Waals surface area (Å²) in [4.78, 5) is 27.3. The first-order valence-electron chi connectivity index (χ1n) is 7.31. The minimum absolute atomic E-state index is 0.0600. The highest BCUT2D eigenvalue weighted by Gasteiger charge is 2.17. The number of hydrogen-bond donors (Lipinski definition) is 3. The van der Waals surface area contributed by atoms with Gasteiger partial charge in [0, 0.05) is 24.9 Å². The molecule has 0 bridgehead atoms. The molecule has 0 fully saturated rings. The molecule has 1 aromatic carbocycles. The Morgan fingerprint density at radius 1 is 1.33 bits per heavy atom. The summed E-state index contributed by atoms with van der Waals surface area (Å²) < 4.78 is 4.85. The van der Waals surface area contributed by atoms with E-state index in [1.807, 2.05) is 0 Å². The number of nitrogens with two attached hydrogens (primary N) is 1. The average Bonchev–Trinajstić information content (AvgIpc) is 2.92. The van der Waals surface area contributed by atoms with Crippen molar-refractivity contribution in [3.05, 3.63) is 40.7 Å². The normalized spacial score (nSPS) is 11.8. The standard InChI is InChI=1S/C15H18ClN5O3/c1-9(22)19-12(10-2-4-11(16)5-3-10)8-13(23)18-7-6-14-20-15(17)21-24-14/h2-5,12H,6-8H2,1H3,(H2,17,21)(H,18,23)(H,19,22)/t12-/m1/s1. The van der Waals surface area contributed by atoms with Crippen LogP contribution in [0.25, 0.3) is 0 Å². The van der Waals surface area contributed by atoms with Crippen molar-refractivity contribution < 1.29 is 14.1 Å². The van der Waals surface area contributed by atoms with Crippen molar-refractivity contribution in [1.29, 1.82) is 0 Å². The monoisotopic (exact) mass is 351 g/mol. The van der Waals surface area contributed by atoms with E-state index in [9.17, 15) is 9.59 Å². The molecule has 0 spiro atoms. The van der Waals surface area contributed by atoms with E-state index in [1.165, 1.54) is 6.92 Å². The highest BCUT2D eigenvalue weighted by molar-refractivity contribution is 6.30. The lowest BCUT2D eigenvalue weighted by molar-refractivity contribution is -0.122. The molecule has 4 N–H and O–H groups in total. The minimum atomic E-state index is -0.432. The van der Waals surface area contributed by atoms with Crippen LogP contribution in [0.5, 0.6) is 0 Å². The van der Waals surface area contributed by atoms with Crippen molar-refractivity contribution in [3.63, 3.8) is 0 Å². The number of rotatable bonds is 7. The largest absolute Gasteiger partial charge is 0.365 e. The molecule has 0 aliphatic carbocycles. The number of aromatic nitrogens is 2. The summed E-state index contributed by atoms with van der Waals surface area (Å²) in [5.41, 5.74) is 6.14. The second-order valence-electron chi connectivity index (χ2n) is 5.16. The molecule has 0 aliphatic rings. The zero-order valence-corrected chi connectivity index (χ0v) is 13.8. The van der Waals surface area contributed by atoms with Crippen molar-refractivity contribution in [3.8, 4) is 0 Å². The Labute approximate surface area is 143 Å². The van der Waals surface area contributed by atoms with Gasteiger partial charge in [-0.15, -0.1) is 0 Å². The van der Waals surface area contributed by atoms with E-state index in [0.717, 1.165) is 5.56 Å². The quantitative estimate of drug-likeness (QED) is 0.689. The number of nitrogens with zero attached hydrogens (tertiary/aromatic N) is 2. The van der Waals surface area contributed by atoms with Gasteiger partial charge in [-0.3, -0.25) is 9.59 Å². The molecule has 1 atom stereocenters. The molecule has 0 unspecified atom stereocenters. The third-order valence-electron chi connectivity index (χ3n) is 3.18. The van der Waals surface area contributed by atoms with Crippen LogP contribution in [0, 0.1) is 0 Å². The topological polar surface area (TPSA) is 123 Å². The zero-order chi connectivity index (χ0) is 17.5. The first-order chi connectivity index (χ1) is 11.4. The van der Waals surface area contributed by atoms with E-state index in [-0.39, 0.29) is 24.2 Å². The number of benzene rings is 1.